The zero-order chi connectivity index (χ0) is 14.3. The normalized spacial score (nSPS) is 11.5. The lowest BCUT2D eigenvalue weighted by molar-refractivity contribution is -0.135. The van der Waals surface area contributed by atoms with Gasteiger partial charge in [0.1, 0.15) is 5.69 Å². The maximum Gasteiger partial charge on any atom is 0.389 e. The fourth-order valence-corrected chi connectivity index (χ4v) is 1.49. The van der Waals surface area contributed by atoms with Gasteiger partial charge in [-0.05, 0) is 31.5 Å². The van der Waals surface area contributed by atoms with Gasteiger partial charge in [0.25, 0.3) is 0 Å². The Morgan fingerprint density at radius 3 is 2.68 bits per heavy atom. The standard InChI is InChI=1S/C12H15F3N2O2/c13-12(14,15)6-1-2-7-16-8-9-4-3-5-10(17-9)11(18)19/h3-5,16H,1-2,6-8H2,(H,18,19). The molecular formula is C12H15F3N2O2. The van der Waals surface area contributed by atoms with E-state index in [1.807, 2.05) is 0 Å². The van der Waals surface area contributed by atoms with E-state index in [0.717, 1.165) is 0 Å². The average Bonchev–Trinajstić information content (AvgIpc) is 2.32. The third-order valence-corrected chi connectivity index (χ3v) is 2.40. The van der Waals surface area contributed by atoms with Gasteiger partial charge in [-0.3, -0.25) is 0 Å². The molecule has 0 fully saturated rings. The second-order valence-electron chi connectivity index (χ2n) is 4.07. The highest BCUT2D eigenvalue weighted by atomic mass is 19.4. The van der Waals surface area contributed by atoms with Crippen molar-refractivity contribution in [2.45, 2.75) is 32.0 Å². The quantitative estimate of drug-likeness (QED) is 0.751. The number of hydrogen-bond acceptors (Lipinski definition) is 3. The minimum absolute atomic E-state index is 0.0450. The van der Waals surface area contributed by atoms with Crippen LogP contribution in [0, 0.1) is 0 Å². The van der Waals surface area contributed by atoms with E-state index in [-0.39, 0.29) is 12.1 Å². The Morgan fingerprint density at radius 1 is 1.32 bits per heavy atom. The summed E-state index contributed by atoms with van der Waals surface area (Å²) < 4.78 is 35.6. The first-order valence-electron chi connectivity index (χ1n) is 5.85. The van der Waals surface area contributed by atoms with Crippen molar-refractivity contribution < 1.29 is 23.1 Å². The first-order valence-corrected chi connectivity index (χ1v) is 5.85. The van der Waals surface area contributed by atoms with Crippen molar-refractivity contribution in [2.75, 3.05) is 6.54 Å². The van der Waals surface area contributed by atoms with E-state index < -0.39 is 18.6 Å². The van der Waals surface area contributed by atoms with Crippen molar-refractivity contribution >= 4 is 5.97 Å². The Labute approximate surface area is 108 Å². The van der Waals surface area contributed by atoms with E-state index in [1.54, 1.807) is 12.1 Å². The summed E-state index contributed by atoms with van der Waals surface area (Å²) in [4.78, 5) is 14.6. The minimum Gasteiger partial charge on any atom is -0.477 e. The zero-order valence-corrected chi connectivity index (χ0v) is 10.2. The summed E-state index contributed by atoms with van der Waals surface area (Å²) in [5, 5.41) is 11.7. The number of pyridine rings is 1. The first kappa shape index (κ1) is 15.4. The van der Waals surface area contributed by atoms with Gasteiger partial charge in [-0.15, -0.1) is 0 Å². The molecular weight excluding hydrogens is 261 g/mol. The van der Waals surface area contributed by atoms with E-state index >= 15 is 0 Å². The van der Waals surface area contributed by atoms with Crippen molar-refractivity contribution in [3.63, 3.8) is 0 Å². The Morgan fingerprint density at radius 2 is 2.05 bits per heavy atom. The number of carboxylic acids is 1. The fourth-order valence-electron chi connectivity index (χ4n) is 1.49. The Hall–Kier alpha value is -1.63. The number of halogens is 3. The summed E-state index contributed by atoms with van der Waals surface area (Å²) in [7, 11) is 0. The molecule has 19 heavy (non-hydrogen) atoms. The van der Waals surface area contributed by atoms with Gasteiger partial charge in [0.2, 0.25) is 0 Å². The van der Waals surface area contributed by atoms with Crippen LogP contribution in [0.2, 0.25) is 0 Å². The summed E-state index contributed by atoms with van der Waals surface area (Å²) in [6.45, 7) is 0.780. The largest absolute Gasteiger partial charge is 0.477 e. The molecule has 0 aliphatic carbocycles. The summed E-state index contributed by atoms with van der Waals surface area (Å²) in [5.74, 6) is -1.10. The van der Waals surface area contributed by atoms with Crippen molar-refractivity contribution in [1.29, 1.82) is 0 Å². The molecule has 1 heterocycles. The molecule has 0 aliphatic rings. The molecule has 106 valence electrons. The van der Waals surface area contributed by atoms with Crippen LogP contribution in [-0.2, 0) is 6.54 Å². The van der Waals surface area contributed by atoms with Crippen LogP contribution in [0.1, 0.15) is 35.4 Å². The van der Waals surface area contributed by atoms with Crippen molar-refractivity contribution in [1.82, 2.24) is 10.3 Å². The summed E-state index contributed by atoms with van der Waals surface area (Å²) >= 11 is 0. The maximum atomic E-state index is 11.9. The van der Waals surface area contributed by atoms with Crippen LogP contribution in [0.4, 0.5) is 13.2 Å². The van der Waals surface area contributed by atoms with Crippen LogP contribution in [0.5, 0.6) is 0 Å². The van der Waals surface area contributed by atoms with Crippen LogP contribution in [0.15, 0.2) is 18.2 Å². The van der Waals surface area contributed by atoms with Gasteiger partial charge >= 0.3 is 12.1 Å². The first-order chi connectivity index (χ1) is 8.88. The molecule has 0 saturated heterocycles. The zero-order valence-electron chi connectivity index (χ0n) is 10.2. The smallest absolute Gasteiger partial charge is 0.389 e. The van der Waals surface area contributed by atoms with Gasteiger partial charge in [0.15, 0.2) is 0 Å². The monoisotopic (exact) mass is 276 g/mol. The SMILES string of the molecule is O=C(O)c1cccc(CNCCCCC(F)(F)F)n1. The lowest BCUT2D eigenvalue weighted by Crippen LogP contribution is -2.17. The number of unbranched alkanes of at least 4 members (excludes halogenated alkanes) is 1. The number of rotatable bonds is 7. The van der Waals surface area contributed by atoms with E-state index in [2.05, 4.69) is 10.3 Å². The molecule has 2 N–H and O–H groups in total. The molecule has 0 amide bonds. The van der Waals surface area contributed by atoms with Crippen LogP contribution < -0.4 is 5.32 Å². The molecule has 1 aromatic heterocycles. The molecule has 0 spiro atoms. The number of nitrogens with zero attached hydrogens (tertiary/aromatic N) is 1. The lowest BCUT2D eigenvalue weighted by atomic mass is 10.2. The summed E-state index contributed by atoms with van der Waals surface area (Å²) in [6, 6.07) is 4.63. The minimum atomic E-state index is -4.10. The van der Waals surface area contributed by atoms with Crippen LogP contribution in [0.3, 0.4) is 0 Å². The van der Waals surface area contributed by atoms with Crippen LogP contribution in [-0.4, -0.2) is 28.8 Å². The van der Waals surface area contributed by atoms with E-state index in [9.17, 15) is 18.0 Å². The van der Waals surface area contributed by atoms with Crippen molar-refractivity contribution in [3.05, 3.63) is 29.6 Å². The molecule has 0 saturated carbocycles. The van der Waals surface area contributed by atoms with Crippen molar-refractivity contribution in [3.8, 4) is 0 Å². The number of nitrogens with one attached hydrogen (secondary N) is 1. The number of carboxylic acid groups (broad SMARTS) is 1. The van der Waals surface area contributed by atoms with Crippen LogP contribution >= 0.6 is 0 Å². The van der Waals surface area contributed by atoms with Gasteiger partial charge in [-0.2, -0.15) is 13.2 Å². The number of hydrogen-bond donors (Lipinski definition) is 2. The molecule has 0 atom stereocenters. The maximum absolute atomic E-state index is 11.9. The molecule has 4 nitrogen and oxygen atoms in total. The lowest BCUT2D eigenvalue weighted by Gasteiger charge is -2.07. The van der Waals surface area contributed by atoms with Gasteiger partial charge in [-0.25, -0.2) is 9.78 Å². The molecule has 0 aliphatic heterocycles. The summed E-state index contributed by atoms with van der Waals surface area (Å²) in [5.41, 5.74) is 0.507. The second-order valence-corrected chi connectivity index (χ2v) is 4.07. The Bertz CT molecular complexity index is 422. The van der Waals surface area contributed by atoms with Gasteiger partial charge in [0, 0.05) is 13.0 Å². The third-order valence-electron chi connectivity index (χ3n) is 2.40. The molecule has 1 rings (SSSR count). The van der Waals surface area contributed by atoms with Gasteiger partial charge in [-0.1, -0.05) is 6.07 Å². The number of alkyl halides is 3. The van der Waals surface area contributed by atoms with Gasteiger partial charge in [0.05, 0.1) is 5.69 Å². The molecule has 0 radical (unpaired) electrons. The number of carbonyl (C=O) groups is 1. The molecule has 7 heteroatoms. The van der Waals surface area contributed by atoms with Crippen LogP contribution in [0.25, 0.3) is 0 Å². The van der Waals surface area contributed by atoms with Crippen molar-refractivity contribution in [2.24, 2.45) is 0 Å². The molecule has 0 unspecified atom stereocenters. The summed E-state index contributed by atoms with van der Waals surface area (Å²) in [6.07, 6.45) is -4.38. The predicted octanol–water partition coefficient (Wildman–Crippen LogP) is 2.60. The highest BCUT2D eigenvalue weighted by molar-refractivity contribution is 5.85. The Balaban J connectivity index is 2.23. The fraction of sp³-hybridized carbons (Fsp3) is 0.500. The highest BCUT2D eigenvalue weighted by Crippen LogP contribution is 2.21. The number of aromatic nitrogens is 1. The Kier molecular flexibility index (Phi) is 5.75. The molecule has 0 aromatic carbocycles. The highest BCUT2D eigenvalue weighted by Gasteiger charge is 2.25. The van der Waals surface area contributed by atoms with E-state index in [0.29, 0.717) is 25.2 Å². The predicted molar refractivity (Wildman–Crippen MR) is 62.8 cm³/mol. The second kappa shape index (κ2) is 7.08. The number of aromatic carboxylic acids is 1. The van der Waals surface area contributed by atoms with Gasteiger partial charge < -0.3 is 10.4 Å². The third kappa shape index (κ3) is 6.76. The topological polar surface area (TPSA) is 62.2 Å². The van der Waals surface area contributed by atoms with E-state index in [4.69, 9.17) is 5.11 Å². The average molecular weight is 276 g/mol. The van der Waals surface area contributed by atoms with E-state index in [1.165, 1.54) is 6.07 Å². The molecule has 0 bridgehead atoms. The molecule has 1 aromatic rings.